The fourth-order valence-electron chi connectivity index (χ4n) is 2.99. The predicted molar refractivity (Wildman–Crippen MR) is 104 cm³/mol. The van der Waals surface area contributed by atoms with Crippen molar-refractivity contribution in [2.24, 2.45) is 0 Å². The van der Waals surface area contributed by atoms with Crippen LogP contribution in [0.25, 0.3) is 5.69 Å². The van der Waals surface area contributed by atoms with Gasteiger partial charge in [-0.15, -0.1) is 0 Å². The van der Waals surface area contributed by atoms with Crippen LogP contribution >= 0.6 is 0 Å². The second-order valence-electron chi connectivity index (χ2n) is 7.22. The van der Waals surface area contributed by atoms with Gasteiger partial charge in [0.2, 0.25) is 0 Å². The summed E-state index contributed by atoms with van der Waals surface area (Å²) in [4.78, 5) is 12.5. The number of aryl methyl sites for hydroxylation is 1. The molecule has 3 aromatic rings. The molecular formula is C21H23FN4O. The third-order valence-electron chi connectivity index (χ3n) is 4.53. The molecule has 0 bridgehead atoms. The van der Waals surface area contributed by atoms with E-state index in [9.17, 15) is 9.18 Å². The first-order chi connectivity index (χ1) is 12.8. The van der Waals surface area contributed by atoms with Gasteiger partial charge < -0.3 is 11.1 Å². The molecule has 140 valence electrons. The van der Waals surface area contributed by atoms with Crippen LogP contribution in [0.5, 0.6) is 0 Å². The van der Waals surface area contributed by atoms with Crippen LogP contribution in [0.2, 0.25) is 0 Å². The highest BCUT2D eigenvalue weighted by Crippen LogP contribution is 2.25. The van der Waals surface area contributed by atoms with E-state index in [1.54, 1.807) is 53.2 Å². The molecule has 0 aliphatic carbocycles. The van der Waals surface area contributed by atoms with E-state index in [1.165, 1.54) is 6.07 Å². The largest absolute Gasteiger partial charge is 0.384 e. The molecule has 0 saturated heterocycles. The number of nitrogens with one attached hydrogen (secondary N) is 1. The molecule has 0 unspecified atom stereocenters. The number of nitrogens with two attached hydrogens (primary N) is 1. The minimum Gasteiger partial charge on any atom is -0.384 e. The number of anilines is 1. The van der Waals surface area contributed by atoms with Crippen molar-refractivity contribution in [2.75, 3.05) is 12.3 Å². The second-order valence-corrected chi connectivity index (χ2v) is 7.22. The van der Waals surface area contributed by atoms with E-state index in [0.29, 0.717) is 23.5 Å². The molecule has 5 nitrogen and oxygen atoms in total. The number of halogens is 1. The Morgan fingerprint density at radius 3 is 2.44 bits per heavy atom. The minimum absolute atomic E-state index is 0.212. The lowest BCUT2D eigenvalue weighted by Crippen LogP contribution is -2.37. The molecule has 1 heterocycles. The highest BCUT2D eigenvalue weighted by Gasteiger charge is 2.24. The van der Waals surface area contributed by atoms with E-state index in [1.807, 2.05) is 20.8 Å². The summed E-state index contributed by atoms with van der Waals surface area (Å²) in [6.07, 6.45) is 0. The first kappa shape index (κ1) is 18.6. The molecular weight excluding hydrogens is 343 g/mol. The average Bonchev–Trinajstić information content (AvgIpc) is 2.98. The zero-order valence-corrected chi connectivity index (χ0v) is 15.7. The third-order valence-corrected chi connectivity index (χ3v) is 4.53. The van der Waals surface area contributed by atoms with Crippen LogP contribution in [-0.4, -0.2) is 22.2 Å². The molecule has 0 saturated carbocycles. The van der Waals surface area contributed by atoms with Gasteiger partial charge >= 0.3 is 0 Å². The third kappa shape index (κ3) is 4.00. The summed E-state index contributed by atoms with van der Waals surface area (Å²) in [6.45, 7) is 5.99. The number of rotatable bonds is 5. The van der Waals surface area contributed by atoms with E-state index >= 15 is 0 Å². The standard InChI is InChI=1S/C21H23FN4O/c1-14-12-19(23)26(25-14)16-10-8-15(9-11-16)20(27)24-13-21(2,3)17-6-4-5-7-18(17)22/h4-12H,13,23H2,1-3H3,(H,24,27). The highest BCUT2D eigenvalue weighted by atomic mass is 19.1. The molecule has 0 aliphatic rings. The SMILES string of the molecule is Cc1cc(N)n(-c2ccc(C(=O)NCC(C)(C)c3ccccc3F)cc2)n1. The zero-order valence-electron chi connectivity index (χ0n) is 15.7. The number of hydrogen-bond donors (Lipinski definition) is 2. The van der Waals surface area contributed by atoms with Gasteiger partial charge in [0.1, 0.15) is 11.6 Å². The summed E-state index contributed by atoms with van der Waals surface area (Å²) in [5, 5.41) is 7.21. The highest BCUT2D eigenvalue weighted by molar-refractivity contribution is 5.94. The van der Waals surface area contributed by atoms with E-state index < -0.39 is 5.41 Å². The molecule has 0 atom stereocenters. The Kier molecular flexibility index (Phi) is 4.99. The van der Waals surface area contributed by atoms with Gasteiger partial charge in [0, 0.05) is 23.6 Å². The van der Waals surface area contributed by atoms with Crippen LogP contribution in [0.3, 0.4) is 0 Å². The molecule has 27 heavy (non-hydrogen) atoms. The van der Waals surface area contributed by atoms with Gasteiger partial charge in [-0.25, -0.2) is 9.07 Å². The van der Waals surface area contributed by atoms with Gasteiger partial charge in [-0.3, -0.25) is 4.79 Å². The first-order valence-corrected chi connectivity index (χ1v) is 8.74. The molecule has 0 fully saturated rings. The topological polar surface area (TPSA) is 72.9 Å². The lowest BCUT2D eigenvalue weighted by Gasteiger charge is -2.26. The second kappa shape index (κ2) is 7.23. The molecule has 1 amide bonds. The van der Waals surface area contributed by atoms with Crippen LogP contribution in [0.4, 0.5) is 10.2 Å². The first-order valence-electron chi connectivity index (χ1n) is 8.74. The van der Waals surface area contributed by atoms with E-state index in [4.69, 9.17) is 5.73 Å². The number of carbonyl (C=O) groups excluding carboxylic acids is 1. The maximum absolute atomic E-state index is 14.0. The molecule has 1 aromatic heterocycles. The van der Waals surface area contributed by atoms with Crippen molar-refractivity contribution in [1.82, 2.24) is 15.1 Å². The Hall–Kier alpha value is -3.15. The average molecular weight is 366 g/mol. The van der Waals surface area contributed by atoms with Crippen molar-refractivity contribution in [1.29, 1.82) is 0 Å². The van der Waals surface area contributed by atoms with Crippen molar-refractivity contribution >= 4 is 11.7 Å². The summed E-state index contributed by atoms with van der Waals surface area (Å²) < 4.78 is 15.7. The van der Waals surface area contributed by atoms with Gasteiger partial charge in [0.05, 0.1) is 11.4 Å². The smallest absolute Gasteiger partial charge is 0.251 e. The summed E-state index contributed by atoms with van der Waals surface area (Å²) in [5.74, 6) is 0.0557. The Labute approximate surface area is 158 Å². The molecule has 3 rings (SSSR count). The normalized spacial score (nSPS) is 11.4. The van der Waals surface area contributed by atoms with E-state index in [-0.39, 0.29) is 11.7 Å². The van der Waals surface area contributed by atoms with Crippen molar-refractivity contribution in [3.05, 3.63) is 77.2 Å². The maximum Gasteiger partial charge on any atom is 0.251 e. The predicted octanol–water partition coefficient (Wildman–Crippen LogP) is 3.61. The quantitative estimate of drug-likeness (QED) is 0.724. The lowest BCUT2D eigenvalue weighted by atomic mass is 9.84. The number of benzene rings is 2. The van der Waals surface area contributed by atoms with E-state index in [0.717, 1.165) is 11.4 Å². The lowest BCUT2D eigenvalue weighted by molar-refractivity contribution is 0.0945. The molecule has 6 heteroatoms. The molecule has 0 radical (unpaired) electrons. The molecule has 0 aliphatic heterocycles. The summed E-state index contributed by atoms with van der Waals surface area (Å²) in [6, 6.07) is 15.4. The fraction of sp³-hybridized carbons (Fsp3) is 0.238. The Bertz CT molecular complexity index is 961. The Morgan fingerprint density at radius 2 is 1.85 bits per heavy atom. The number of aromatic nitrogens is 2. The zero-order chi connectivity index (χ0) is 19.6. The molecule has 3 N–H and O–H groups in total. The van der Waals surface area contributed by atoms with Crippen molar-refractivity contribution < 1.29 is 9.18 Å². The monoisotopic (exact) mass is 366 g/mol. The van der Waals surface area contributed by atoms with Gasteiger partial charge in [-0.1, -0.05) is 32.0 Å². The maximum atomic E-state index is 14.0. The number of nitrogens with zero attached hydrogens (tertiary/aromatic N) is 2. The Balaban J connectivity index is 1.70. The fourth-order valence-corrected chi connectivity index (χ4v) is 2.99. The van der Waals surface area contributed by atoms with Gasteiger partial charge in [-0.05, 0) is 42.8 Å². The summed E-state index contributed by atoms with van der Waals surface area (Å²) in [5.41, 5.74) is 8.10. The molecule has 0 spiro atoms. The summed E-state index contributed by atoms with van der Waals surface area (Å²) in [7, 11) is 0. The number of amides is 1. The van der Waals surface area contributed by atoms with Gasteiger partial charge in [0.25, 0.3) is 5.91 Å². The van der Waals surface area contributed by atoms with Crippen molar-refractivity contribution in [2.45, 2.75) is 26.2 Å². The van der Waals surface area contributed by atoms with Crippen molar-refractivity contribution in [3.63, 3.8) is 0 Å². The van der Waals surface area contributed by atoms with Crippen LogP contribution in [-0.2, 0) is 5.41 Å². The number of hydrogen-bond acceptors (Lipinski definition) is 3. The van der Waals surface area contributed by atoms with E-state index in [2.05, 4.69) is 10.4 Å². The number of carbonyl (C=O) groups is 1. The van der Waals surface area contributed by atoms with Crippen LogP contribution in [0, 0.1) is 12.7 Å². The molecule has 2 aromatic carbocycles. The number of nitrogen functional groups attached to an aromatic ring is 1. The minimum atomic E-state index is -0.526. The van der Waals surface area contributed by atoms with Gasteiger partial charge in [0.15, 0.2) is 0 Å². The van der Waals surface area contributed by atoms with Gasteiger partial charge in [-0.2, -0.15) is 5.10 Å². The Morgan fingerprint density at radius 1 is 1.19 bits per heavy atom. The van der Waals surface area contributed by atoms with Crippen molar-refractivity contribution in [3.8, 4) is 5.69 Å². The summed E-state index contributed by atoms with van der Waals surface area (Å²) >= 11 is 0. The van der Waals surface area contributed by atoms with Crippen LogP contribution in [0.1, 0.15) is 35.5 Å². The van der Waals surface area contributed by atoms with Crippen LogP contribution in [0.15, 0.2) is 54.6 Å². The van der Waals surface area contributed by atoms with Crippen LogP contribution < -0.4 is 11.1 Å².